The molecule has 8 heteroatoms. The second kappa shape index (κ2) is 10.6. The zero-order chi connectivity index (χ0) is 22.2. The van der Waals surface area contributed by atoms with Crippen molar-refractivity contribution in [1.82, 2.24) is 10.7 Å². The molecule has 6 nitrogen and oxygen atoms in total. The van der Waals surface area contributed by atoms with Gasteiger partial charge in [-0.1, -0.05) is 41.9 Å². The van der Waals surface area contributed by atoms with Crippen molar-refractivity contribution < 1.29 is 9.59 Å². The number of hydrogen-bond acceptors (Lipinski definition) is 5. The quantitative estimate of drug-likeness (QED) is 0.317. The minimum Gasteiger partial charge on any atom is -0.378 e. The van der Waals surface area contributed by atoms with Crippen molar-refractivity contribution in [1.29, 1.82) is 0 Å². The summed E-state index contributed by atoms with van der Waals surface area (Å²) in [6.07, 6.45) is 3.13. The lowest BCUT2D eigenvalue weighted by Gasteiger charge is -2.11. The predicted molar refractivity (Wildman–Crippen MR) is 128 cm³/mol. The number of hydrogen-bond donors (Lipinski definition) is 2. The van der Waals surface area contributed by atoms with Crippen molar-refractivity contribution in [2.45, 2.75) is 0 Å². The number of carbonyl (C=O) groups is 2. The van der Waals surface area contributed by atoms with Crippen LogP contribution in [0.25, 0.3) is 6.08 Å². The van der Waals surface area contributed by atoms with Gasteiger partial charge in [-0.15, -0.1) is 11.3 Å². The average Bonchev–Trinajstić information content (AvgIpc) is 3.27. The number of thiophene rings is 1. The summed E-state index contributed by atoms with van der Waals surface area (Å²) in [5.41, 5.74) is 4.69. The zero-order valence-electron chi connectivity index (χ0n) is 17.0. The smallest absolute Gasteiger partial charge is 0.287 e. The molecule has 0 saturated heterocycles. The molecule has 2 amide bonds. The van der Waals surface area contributed by atoms with Gasteiger partial charge >= 0.3 is 0 Å². The van der Waals surface area contributed by atoms with Crippen molar-refractivity contribution in [3.63, 3.8) is 0 Å². The number of anilines is 1. The molecule has 1 heterocycles. The van der Waals surface area contributed by atoms with E-state index < -0.39 is 11.8 Å². The average molecular weight is 453 g/mol. The summed E-state index contributed by atoms with van der Waals surface area (Å²) < 4.78 is 0. The largest absolute Gasteiger partial charge is 0.378 e. The van der Waals surface area contributed by atoms with E-state index in [-0.39, 0.29) is 11.3 Å². The molecule has 0 fully saturated rings. The molecule has 0 unspecified atom stereocenters. The molecule has 2 aromatic carbocycles. The number of rotatable bonds is 7. The molecule has 1 aromatic heterocycles. The minimum atomic E-state index is -0.546. The number of halogens is 1. The lowest BCUT2D eigenvalue weighted by atomic mass is 10.2. The Kier molecular flexibility index (Phi) is 7.59. The molecule has 3 rings (SSSR count). The van der Waals surface area contributed by atoms with Crippen molar-refractivity contribution in [3.05, 3.63) is 92.8 Å². The van der Waals surface area contributed by atoms with E-state index in [0.29, 0.717) is 5.02 Å². The molecule has 3 aromatic rings. The van der Waals surface area contributed by atoms with E-state index in [2.05, 4.69) is 15.8 Å². The maximum Gasteiger partial charge on any atom is 0.287 e. The maximum atomic E-state index is 12.7. The number of hydrazone groups is 1. The standard InChI is InChI=1S/C23H21ClN4O2S/c1-28(2)17-11-9-16(10-12-17)15-25-27-23(30)21(14-18-6-5-13-31-18)26-22(29)19-7-3-4-8-20(19)24/h3-15H,1-2H3,(H,26,29)(H,27,30). The monoisotopic (exact) mass is 452 g/mol. The van der Waals surface area contributed by atoms with Gasteiger partial charge in [0.25, 0.3) is 11.8 Å². The highest BCUT2D eigenvalue weighted by atomic mass is 35.5. The van der Waals surface area contributed by atoms with Crippen molar-refractivity contribution in [2.24, 2.45) is 5.10 Å². The lowest BCUT2D eigenvalue weighted by molar-refractivity contribution is -0.117. The summed E-state index contributed by atoms with van der Waals surface area (Å²) in [7, 11) is 3.92. The summed E-state index contributed by atoms with van der Waals surface area (Å²) >= 11 is 7.54. The van der Waals surface area contributed by atoms with Gasteiger partial charge in [-0.2, -0.15) is 5.10 Å². The van der Waals surface area contributed by atoms with Crippen LogP contribution < -0.4 is 15.6 Å². The third-order valence-corrected chi connectivity index (χ3v) is 5.38. The first-order valence-corrected chi connectivity index (χ1v) is 10.6. The third kappa shape index (κ3) is 6.28. The Bertz CT molecular complexity index is 1110. The van der Waals surface area contributed by atoms with Gasteiger partial charge in [0.2, 0.25) is 0 Å². The summed E-state index contributed by atoms with van der Waals surface area (Å²) in [6, 6.07) is 18.0. The number of amides is 2. The van der Waals surface area contributed by atoms with Crippen LogP contribution in [0.15, 0.2) is 76.8 Å². The van der Waals surface area contributed by atoms with Crippen molar-refractivity contribution in [3.8, 4) is 0 Å². The number of benzene rings is 2. The Morgan fingerprint density at radius 3 is 2.42 bits per heavy atom. The van der Waals surface area contributed by atoms with Crippen LogP contribution in [-0.2, 0) is 4.79 Å². The molecule has 0 atom stereocenters. The first-order valence-electron chi connectivity index (χ1n) is 9.36. The van der Waals surface area contributed by atoms with E-state index in [1.54, 1.807) is 30.3 Å². The Hall–Kier alpha value is -3.42. The molecule has 0 aliphatic rings. The molecule has 0 aliphatic carbocycles. The van der Waals surface area contributed by atoms with E-state index in [1.165, 1.54) is 17.6 Å². The predicted octanol–water partition coefficient (Wildman–Crippen LogP) is 4.39. The highest BCUT2D eigenvalue weighted by Crippen LogP contribution is 2.17. The molecule has 0 aliphatic heterocycles. The molecular formula is C23H21ClN4O2S. The first kappa shape index (κ1) is 22.3. The Balaban J connectivity index is 1.74. The van der Waals surface area contributed by atoms with Crippen LogP contribution in [0.3, 0.4) is 0 Å². The second-order valence-corrected chi connectivity index (χ2v) is 8.08. The maximum absolute atomic E-state index is 12.7. The van der Waals surface area contributed by atoms with Crippen LogP contribution >= 0.6 is 22.9 Å². The van der Waals surface area contributed by atoms with Gasteiger partial charge in [-0.05, 0) is 47.4 Å². The van der Waals surface area contributed by atoms with Crippen LogP contribution in [0.5, 0.6) is 0 Å². The Morgan fingerprint density at radius 1 is 1.03 bits per heavy atom. The molecule has 0 spiro atoms. The fourth-order valence-electron chi connectivity index (χ4n) is 2.59. The summed E-state index contributed by atoms with van der Waals surface area (Å²) in [4.78, 5) is 28.2. The normalized spacial score (nSPS) is 11.4. The zero-order valence-corrected chi connectivity index (χ0v) is 18.6. The highest BCUT2D eigenvalue weighted by Gasteiger charge is 2.16. The first-order chi connectivity index (χ1) is 14.9. The third-order valence-electron chi connectivity index (χ3n) is 4.23. The van der Waals surface area contributed by atoms with E-state index >= 15 is 0 Å². The molecule has 0 saturated carbocycles. The Labute approximate surface area is 189 Å². The minimum absolute atomic E-state index is 0.0625. The van der Waals surface area contributed by atoms with Gasteiger partial charge in [0, 0.05) is 24.7 Å². The van der Waals surface area contributed by atoms with Crippen LogP contribution in [-0.4, -0.2) is 32.1 Å². The van der Waals surface area contributed by atoms with E-state index in [0.717, 1.165) is 16.1 Å². The van der Waals surface area contributed by atoms with Gasteiger partial charge < -0.3 is 10.2 Å². The van der Waals surface area contributed by atoms with E-state index in [4.69, 9.17) is 11.6 Å². The fourth-order valence-corrected chi connectivity index (χ4v) is 3.47. The Morgan fingerprint density at radius 2 is 1.77 bits per heavy atom. The van der Waals surface area contributed by atoms with Crippen LogP contribution in [0.2, 0.25) is 5.02 Å². The van der Waals surface area contributed by atoms with Crippen molar-refractivity contribution in [2.75, 3.05) is 19.0 Å². The molecule has 31 heavy (non-hydrogen) atoms. The SMILES string of the molecule is CN(C)c1ccc(C=NNC(=O)C(=Cc2cccs2)NC(=O)c2ccccc2Cl)cc1. The molecule has 0 bridgehead atoms. The van der Waals surface area contributed by atoms with Gasteiger partial charge in [0.1, 0.15) is 5.70 Å². The molecule has 2 N–H and O–H groups in total. The number of nitrogens with zero attached hydrogens (tertiary/aromatic N) is 2. The molecular weight excluding hydrogens is 432 g/mol. The van der Waals surface area contributed by atoms with Gasteiger partial charge in [0.05, 0.1) is 16.8 Å². The second-order valence-electron chi connectivity index (χ2n) is 6.69. The molecule has 0 radical (unpaired) electrons. The topological polar surface area (TPSA) is 73.8 Å². The fraction of sp³-hybridized carbons (Fsp3) is 0.0870. The van der Waals surface area contributed by atoms with E-state index in [9.17, 15) is 9.59 Å². The molecule has 158 valence electrons. The number of nitrogens with one attached hydrogen (secondary N) is 2. The van der Waals surface area contributed by atoms with Crippen LogP contribution in [0.4, 0.5) is 5.69 Å². The van der Waals surface area contributed by atoms with E-state index in [1.807, 2.05) is 60.8 Å². The summed E-state index contributed by atoms with van der Waals surface area (Å²) in [5.74, 6) is -1.03. The highest BCUT2D eigenvalue weighted by molar-refractivity contribution is 7.10. The number of carbonyl (C=O) groups excluding carboxylic acids is 2. The van der Waals surface area contributed by atoms with Crippen LogP contribution in [0.1, 0.15) is 20.8 Å². The summed E-state index contributed by atoms with van der Waals surface area (Å²) in [6.45, 7) is 0. The van der Waals surface area contributed by atoms with Crippen LogP contribution in [0, 0.1) is 0 Å². The van der Waals surface area contributed by atoms with Gasteiger partial charge in [-0.25, -0.2) is 5.43 Å². The van der Waals surface area contributed by atoms with Crippen molar-refractivity contribution >= 4 is 52.7 Å². The van der Waals surface area contributed by atoms with Gasteiger partial charge in [0.15, 0.2) is 0 Å². The van der Waals surface area contributed by atoms with Gasteiger partial charge in [-0.3, -0.25) is 9.59 Å². The summed E-state index contributed by atoms with van der Waals surface area (Å²) in [5, 5.41) is 8.83. The lowest BCUT2D eigenvalue weighted by Crippen LogP contribution is -2.32.